The zero-order chi connectivity index (χ0) is 17.5. The van der Waals surface area contributed by atoms with Gasteiger partial charge in [0.2, 0.25) is 0 Å². The number of rotatable bonds is 8. The molecule has 0 fully saturated rings. The van der Waals surface area contributed by atoms with Crippen molar-refractivity contribution in [2.24, 2.45) is 5.73 Å². The predicted molar refractivity (Wildman–Crippen MR) is 100 cm³/mol. The monoisotopic (exact) mass is 345 g/mol. The van der Waals surface area contributed by atoms with Gasteiger partial charge in [0.1, 0.15) is 24.0 Å². The fourth-order valence-corrected chi connectivity index (χ4v) is 2.29. The van der Waals surface area contributed by atoms with Crippen LogP contribution in [0.2, 0.25) is 0 Å². The van der Waals surface area contributed by atoms with Crippen molar-refractivity contribution in [1.82, 2.24) is 0 Å². The smallest absolute Gasteiger partial charge is 0.161 e. The SMILES string of the molecule is CCOc1cc(C(N)=S)ccc1OCCOc1ccc(C)c(C)c1. The molecule has 2 rings (SSSR count). The highest BCUT2D eigenvalue weighted by Crippen LogP contribution is 2.28. The van der Waals surface area contributed by atoms with Gasteiger partial charge in [-0.3, -0.25) is 0 Å². The second-order valence-electron chi connectivity index (χ2n) is 5.40. The molecule has 2 aromatic carbocycles. The van der Waals surface area contributed by atoms with Crippen LogP contribution in [0.5, 0.6) is 17.2 Å². The highest BCUT2D eigenvalue weighted by molar-refractivity contribution is 7.80. The van der Waals surface area contributed by atoms with E-state index >= 15 is 0 Å². The minimum atomic E-state index is 0.334. The van der Waals surface area contributed by atoms with Gasteiger partial charge in [-0.05, 0) is 62.2 Å². The second-order valence-corrected chi connectivity index (χ2v) is 5.84. The molecular formula is C19H23NO3S. The fourth-order valence-electron chi connectivity index (χ4n) is 2.16. The second kappa shape index (κ2) is 8.55. The molecule has 0 unspecified atom stereocenters. The highest BCUT2D eigenvalue weighted by Gasteiger charge is 2.08. The van der Waals surface area contributed by atoms with E-state index in [4.69, 9.17) is 32.2 Å². The Morgan fingerprint density at radius 2 is 1.67 bits per heavy atom. The maximum Gasteiger partial charge on any atom is 0.161 e. The molecule has 0 radical (unpaired) electrons. The summed E-state index contributed by atoms with van der Waals surface area (Å²) in [6, 6.07) is 11.5. The van der Waals surface area contributed by atoms with Crippen molar-refractivity contribution in [2.45, 2.75) is 20.8 Å². The standard InChI is InChI=1S/C19H23NO3S/c1-4-21-18-12-15(19(20)24)6-8-17(18)23-10-9-22-16-7-5-13(2)14(3)11-16/h5-8,11-12H,4,9-10H2,1-3H3,(H2,20,24). The summed E-state index contributed by atoms with van der Waals surface area (Å²) in [5.41, 5.74) is 8.87. The summed E-state index contributed by atoms with van der Waals surface area (Å²) in [6.07, 6.45) is 0. The van der Waals surface area contributed by atoms with Crippen molar-refractivity contribution in [3.8, 4) is 17.2 Å². The summed E-state index contributed by atoms with van der Waals surface area (Å²) in [5, 5.41) is 0. The Labute approximate surface area is 148 Å². The molecule has 0 amide bonds. The minimum absolute atomic E-state index is 0.334. The van der Waals surface area contributed by atoms with E-state index in [9.17, 15) is 0 Å². The van der Waals surface area contributed by atoms with Gasteiger partial charge in [0.15, 0.2) is 11.5 Å². The van der Waals surface area contributed by atoms with Crippen LogP contribution in [0.3, 0.4) is 0 Å². The molecule has 4 nitrogen and oxygen atoms in total. The Kier molecular flexibility index (Phi) is 6.44. The van der Waals surface area contributed by atoms with Crippen molar-refractivity contribution in [2.75, 3.05) is 19.8 Å². The number of hydrogen-bond acceptors (Lipinski definition) is 4. The lowest BCUT2D eigenvalue weighted by Gasteiger charge is -2.14. The lowest BCUT2D eigenvalue weighted by molar-refractivity contribution is 0.208. The number of benzene rings is 2. The van der Waals surface area contributed by atoms with Crippen LogP contribution >= 0.6 is 12.2 Å². The molecule has 0 saturated heterocycles. The minimum Gasteiger partial charge on any atom is -0.490 e. The van der Waals surface area contributed by atoms with E-state index in [-0.39, 0.29) is 0 Å². The van der Waals surface area contributed by atoms with Gasteiger partial charge in [-0.15, -0.1) is 0 Å². The summed E-state index contributed by atoms with van der Waals surface area (Å²) < 4.78 is 17.1. The number of thiocarbonyl (C=S) groups is 1. The Bertz CT molecular complexity index is 716. The third kappa shape index (κ3) is 4.86. The van der Waals surface area contributed by atoms with E-state index in [0.717, 1.165) is 11.3 Å². The van der Waals surface area contributed by atoms with Crippen LogP contribution in [0.15, 0.2) is 36.4 Å². The average Bonchev–Trinajstić information content (AvgIpc) is 2.56. The molecule has 2 N–H and O–H groups in total. The van der Waals surface area contributed by atoms with E-state index in [1.165, 1.54) is 11.1 Å². The maximum atomic E-state index is 5.77. The first-order chi connectivity index (χ1) is 11.5. The molecule has 0 aliphatic carbocycles. The Hall–Kier alpha value is -2.27. The summed E-state index contributed by atoms with van der Waals surface area (Å²) in [7, 11) is 0. The molecule has 0 aliphatic rings. The van der Waals surface area contributed by atoms with Crippen molar-refractivity contribution in [1.29, 1.82) is 0 Å². The highest BCUT2D eigenvalue weighted by atomic mass is 32.1. The van der Waals surface area contributed by atoms with E-state index in [2.05, 4.69) is 13.8 Å². The van der Waals surface area contributed by atoms with Gasteiger partial charge < -0.3 is 19.9 Å². The van der Waals surface area contributed by atoms with Crippen LogP contribution in [-0.4, -0.2) is 24.8 Å². The number of ether oxygens (including phenoxy) is 3. The third-order valence-corrected chi connectivity index (χ3v) is 3.85. The topological polar surface area (TPSA) is 53.7 Å². The lowest BCUT2D eigenvalue weighted by atomic mass is 10.1. The van der Waals surface area contributed by atoms with E-state index in [0.29, 0.717) is 36.3 Å². The van der Waals surface area contributed by atoms with Crippen LogP contribution in [0.4, 0.5) is 0 Å². The normalized spacial score (nSPS) is 10.3. The summed E-state index contributed by atoms with van der Waals surface area (Å²) in [5.74, 6) is 2.13. The molecule has 128 valence electrons. The van der Waals surface area contributed by atoms with Gasteiger partial charge in [-0.1, -0.05) is 18.3 Å². The van der Waals surface area contributed by atoms with Gasteiger partial charge in [0, 0.05) is 5.56 Å². The first kappa shape index (κ1) is 18.1. The molecule has 0 saturated carbocycles. The van der Waals surface area contributed by atoms with Gasteiger partial charge >= 0.3 is 0 Å². The van der Waals surface area contributed by atoms with Crippen molar-refractivity contribution < 1.29 is 14.2 Å². The summed E-state index contributed by atoms with van der Waals surface area (Å²) in [4.78, 5) is 0.334. The molecule has 24 heavy (non-hydrogen) atoms. The Balaban J connectivity index is 1.93. The molecular weight excluding hydrogens is 322 g/mol. The van der Waals surface area contributed by atoms with E-state index in [1.54, 1.807) is 6.07 Å². The molecule has 0 bridgehead atoms. The molecule has 5 heteroatoms. The quantitative estimate of drug-likeness (QED) is 0.583. The molecule has 0 aromatic heterocycles. The first-order valence-corrected chi connectivity index (χ1v) is 8.31. The van der Waals surface area contributed by atoms with Crippen molar-refractivity contribution in [3.63, 3.8) is 0 Å². The van der Waals surface area contributed by atoms with Crippen LogP contribution in [-0.2, 0) is 0 Å². The van der Waals surface area contributed by atoms with Gasteiger partial charge in [0.05, 0.1) is 6.61 Å². The summed E-state index contributed by atoms with van der Waals surface area (Å²) in [6.45, 7) is 7.46. The van der Waals surface area contributed by atoms with Crippen LogP contribution in [0.1, 0.15) is 23.6 Å². The Morgan fingerprint density at radius 1 is 0.917 bits per heavy atom. The Morgan fingerprint density at radius 3 is 2.33 bits per heavy atom. The number of aryl methyl sites for hydroxylation is 2. The number of nitrogens with two attached hydrogens (primary N) is 1. The average molecular weight is 345 g/mol. The molecule has 0 heterocycles. The van der Waals surface area contributed by atoms with Crippen molar-refractivity contribution in [3.05, 3.63) is 53.1 Å². The van der Waals surface area contributed by atoms with Gasteiger partial charge in [0.25, 0.3) is 0 Å². The van der Waals surface area contributed by atoms with Gasteiger partial charge in [-0.2, -0.15) is 0 Å². The molecule has 0 aliphatic heterocycles. The lowest BCUT2D eigenvalue weighted by Crippen LogP contribution is -2.12. The molecule has 0 spiro atoms. The largest absolute Gasteiger partial charge is 0.490 e. The van der Waals surface area contributed by atoms with Crippen LogP contribution < -0.4 is 19.9 Å². The van der Waals surface area contributed by atoms with Crippen LogP contribution in [0.25, 0.3) is 0 Å². The molecule has 2 aromatic rings. The maximum absolute atomic E-state index is 5.77. The molecule has 0 atom stereocenters. The number of hydrogen-bond donors (Lipinski definition) is 1. The van der Waals surface area contributed by atoms with E-state index < -0.39 is 0 Å². The summed E-state index contributed by atoms with van der Waals surface area (Å²) >= 11 is 4.99. The zero-order valence-electron chi connectivity index (χ0n) is 14.3. The van der Waals surface area contributed by atoms with Gasteiger partial charge in [-0.25, -0.2) is 0 Å². The van der Waals surface area contributed by atoms with Crippen molar-refractivity contribution >= 4 is 17.2 Å². The van der Waals surface area contributed by atoms with E-state index in [1.807, 2.05) is 37.3 Å². The predicted octanol–water partition coefficient (Wildman–Crippen LogP) is 3.79. The fraction of sp³-hybridized carbons (Fsp3) is 0.316. The first-order valence-electron chi connectivity index (χ1n) is 7.90. The third-order valence-electron chi connectivity index (χ3n) is 3.62. The zero-order valence-corrected chi connectivity index (χ0v) is 15.1. The van der Waals surface area contributed by atoms with Crippen LogP contribution in [0, 0.1) is 13.8 Å².